The largest absolute Gasteiger partial charge is 0.458 e. The van der Waals surface area contributed by atoms with Crippen LogP contribution in [0.25, 0.3) is 0 Å². The maximum absolute atomic E-state index is 11.3. The van der Waals surface area contributed by atoms with Gasteiger partial charge in [0.25, 0.3) is 0 Å². The van der Waals surface area contributed by atoms with Crippen molar-refractivity contribution in [2.45, 2.75) is 34.8 Å². The first-order valence-electron chi connectivity index (χ1n) is 10.7. The van der Waals surface area contributed by atoms with E-state index in [-0.39, 0.29) is 26.7 Å². The van der Waals surface area contributed by atoms with Crippen molar-refractivity contribution in [3.05, 3.63) is 132 Å². The highest BCUT2D eigenvalue weighted by Gasteiger charge is 2.11. The molecule has 3 rings (SSSR count). The van der Waals surface area contributed by atoms with Crippen LogP contribution in [0.2, 0.25) is 0 Å². The standard InChI is InChI=1S/C11H12O2.C11H14O.C7H6O.2CH4/c1-2-3-9-13-11(12)10-7-5-4-6-8-10;1-3-9(2)11(12)10-7-5-4-6-8-10;8-6-7-4-2-1-3-5-7;;/h2-8H,9H2,1H3;3-9,11-12H,1H2,2H3;1-6H;2*1H4/b3-2+;;;;. The topological polar surface area (TPSA) is 63.6 Å². The zero-order valence-corrected chi connectivity index (χ0v) is 19.2. The third-order valence-corrected chi connectivity index (χ3v) is 4.50. The van der Waals surface area contributed by atoms with Crippen LogP contribution in [0.15, 0.2) is 116 Å². The number of aldehydes is 1. The number of ether oxygens (including phenoxy) is 1. The fourth-order valence-electron chi connectivity index (χ4n) is 2.49. The van der Waals surface area contributed by atoms with Crippen LogP contribution in [-0.2, 0) is 4.74 Å². The van der Waals surface area contributed by atoms with Gasteiger partial charge in [-0.3, -0.25) is 4.79 Å². The number of benzene rings is 3. The van der Waals surface area contributed by atoms with Gasteiger partial charge in [0.1, 0.15) is 12.9 Å². The lowest BCUT2D eigenvalue weighted by molar-refractivity contribution is 0.0549. The van der Waals surface area contributed by atoms with E-state index in [1.165, 1.54) is 0 Å². The second kappa shape index (κ2) is 20.8. The summed E-state index contributed by atoms with van der Waals surface area (Å²) in [4.78, 5) is 21.3. The van der Waals surface area contributed by atoms with E-state index in [9.17, 15) is 14.7 Å². The van der Waals surface area contributed by atoms with Gasteiger partial charge in [-0.1, -0.05) is 119 Å². The molecule has 0 aliphatic rings. The van der Waals surface area contributed by atoms with Crippen LogP contribution in [0.5, 0.6) is 0 Å². The Morgan fingerprint density at radius 3 is 1.83 bits per heavy atom. The Morgan fingerprint density at radius 1 is 0.914 bits per heavy atom. The molecule has 0 fully saturated rings. The molecule has 0 amide bonds. The highest BCUT2D eigenvalue weighted by atomic mass is 16.5. The summed E-state index contributed by atoms with van der Waals surface area (Å²) >= 11 is 0. The van der Waals surface area contributed by atoms with Crippen LogP contribution >= 0.6 is 0 Å². The predicted molar refractivity (Wildman–Crippen MR) is 148 cm³/mol. The minimum absolute atomic E-state index is 0. The van der Waals surface area contributed by atoms with E-state index in [0.717, 1.165) is 17.4 Å². The zero-order valence-electron chi connectivity index (χ0n) is 19.2. The molecule has 1 N–H and O–H groups in total. The lowest BCUT2D eigenvalue weighted by Crippen LogP contribution is -2.05. The average molecular weight is 477 g/mol. The summed E-state index contributed by atoms with van der Waals surface area (Å²) in [6.07, 6.45) is 5.81. The molecule has 3 aromatic rings. The number of hydrogen-bond donors (Lipinski definition) is 1. The summed E-state index contributed by atoms with van der Waals surface area (Å²) in [5, 5.41) is 9.72. The second-order valence-corrected chi connectivity index (χ2v) is 7.01. The van der Waals surface area contributed by atoms with Gasteiger partial charge in [-0.15, -0.1) is 6.58 Å². The van der Waals surface area contributed by atoms with Gasteiger partial charge in [0, 0.05) is 11.5 Å². The molecule has 3 aromatic carbocycles. The first kappa shape index (κ1) is 33.4. The fraction of sp³-hybridized carbons (Fsp3) is 0.226. The third-order valence-electron chi connectivity index (χ3n) is 4.50. The molecule has 0 radical (unpaired) electrons. The van der Waals surface area contributed by atoms with Gasteiger partial charge >= 0.3 is 5.97 Å². The first-order chi connectivity index (χ1) is 16.0. The smallest absolute Gasteiger partial charge is 0.338 e. The molecular weight excluding hydrogens is 436 g/mol. The van der Waals surface area contributed by atoms with Gasteiger partial charge in [0.2, 0.25) is 0 Å². The minimum atomic E-state index is -0.427. The van der Waals surface area contributed by atoms with Crippen molar-refractivity contribution in [3.8, 4) is 0 Å². The summed E-state index contributed by atoms with van der Waals surface area (Å²) in [5.74, 6) is -0.175. The molecule has 0 saturated carbocycles. The van der Waals surface area contributed by atoms with Gasteiger partial charge in [-0.25, -0.2) is 4.79 Å². The number of carbonyl (C=O) groups excluding carboxylic acids is 2. The molecule has 188 valence electrons. The molecule has 0 aromatic heterocycles. The van der Waals surface area contributed by atoms with E-state index in [1.807, 2.05) is 86.7 Å². The lowest BCUT2D eigenvalue weighted by Gasteiger charge is -2.14. The van der Waals surface area contributed by atoms with E-state index in [1.54, 1.807) is 36.4 Å². The highest BCUT2D eigenvalue weighted by Crippen LogP contribution is 2.21. The van der Waals surface area contributed by atoms with Crippen LogP contribution in [0.4, 0.5) is 0 Å². The minimum Gasteiger partial charge on any atom is -0.458 e. The molecule has 2 unspecified atom stereocenters. The number of aliphatic hydroxyl groups excluding tert-OH is 1. The van der Waals surface area contributed by atoms with Crippen LogP contribution in [0.1, 0.15) is 61.1 Å². The molecule has 0 aliphatic carbocycles. The van der Waals surface area contributed by atoms with Crippen LogP contribution in [-0.4, -0.2) is 24.0 Å². The Balaban J connectivity index is 0. The first-order valence-corrected chi connectivity index (χ1v) is 10.7. The predicted octanol–water partition coefficient (Wildman–Crippen LogP) is 7.73. The maximum Gasteiger partial charge on any atom is 0.338 e. The molecule has 0 bridgehead atoms. The fourth-order valence-corrected chi connectivity index (χ4v) is 2.49. The Labute approximate surface area is 211 Å². The molecule has 0 saturated heterocycles. The van der Waals surface area contributed by atoms with E-state index in [2.05, 4.69) is 6.58 Å². The van der Waals surface area contributed by atoms with Crippen molar-refractivity contribution in [2.24, 2.45) is 5.92 Å². The van der Waals surface area contributed by atoms with Gasteiger partial charge < -0.3 is 9.84 Å². The summed E-state index contributed by atoms with van der Waals surface area (Å²) in [6.45, 7) is 7.82. The maximum atomic E-state index is 11.3. The van der Waals surface area contributed by atoms with E-state index < -0.39 is 6.10 Å². The molecule has 4 heteroatoms. The van der Waals surface area contributed by atoms with Crippen molar-refractivity contribution < 1.29 is 19.4 Å². The number of carbonyl (C=O) groups is 2. The van der Waals surface area contributed by atoms with Gasteiger partial charge in [-0.2, -0.15) is 0 Å². The Hall–Kier alpha value is -3.76. The Kier molecular flexibility index (Phi) is 19.9. The SMILES string of the molecule is C.C.C/C=C/COC(=O)c1ccccc1.C=CC(C)C(O)c1ccccc1.O=Cc1ccccc1. The van der Waals surface area contributed by atoms with Crippen molar-refractivity contribution in [1.29, 1.82) is 0 Å². The third kappa shape index (κ3) is 14.2. The molecule has 35 heavy (non-hydrogen) atoms. The molecule has 2 atom stereocenters. The van der Waals surface area contributed by atoms with Crippen LogP contribution < -0.4 is 0 Å². The van der Waals surface area contributed by atoms with E-state index in [0.29, 0.717) is 12.2 Å². The highest BCUT2D eigenvalue weighted by molar-refractivity contribution is 5.89. The molecule has 0 aliphatic heterocycles. The number of esters is 1. The Morgan fingerprint density at radius 2 is 1.40 bits per heavy atom. The number of rotatable bonds is 7. The van der Waals surface area contributed by atoms with E-state index in [4.69, 9.17) is 4.74 Å². The molecule has 0 spiro atoms. The summed E-state index contributed by atoms with van der Waals surface area (Å²) in [5.41, 5.74) is 2.27. The molecular formula is C31H40O4. The van der Waals surface area contributed by atoms with Crippen LogP contribution in [0, 0.1) is 5.92 Å². The summed E-state index contributed by atoms with van der Waals surface area (Å²) in [7, 11) is 0. The van der Waals surface area contributed by atoms with Crippen molar-refractivity contribution in [1.82, 2.24) is 0 Å². The summed E-state index contributed by atoms with van der Waals surface area (Å²) < 4.78 is 4.94. The van der Waals surface area contributed by atoms with Crippen LogP contribution in [0.3, 0.4) is 0 Å². The number of allylic oxidation sites excluding steroid dienone is 1. The number of hydrogen-bond acceptors (Lipinski definition) is 4. The summed E-state index contributed by atoms with van der Waals surface area (Å²) in [6, 6.07) is 27.7. The zero-order chi connectivity index (χ0) is 24.3. The lowest BCUT2D eigenvalue weighted by atomic mass is 9.98. The van der Waals surface area contributed by atoms with Crippen molar-refractivity contribution in [2.75, 3.05) is 6.61 Å². The molecule has 0 heterocycles. The van der Waals surface area contributed by atoms with E-state index >= 15 is 0 Å². The average Bonchev–Trinajstić information content (AvgIpc) is 2.90. The van der Waals surface area contributed by atoms with Crippen molar-refractivity contribution >= 4 is 12.3 Å². The van der Waals surface area contributed by atoms with Gasteiger partial charge in [0.15, 0.2) is 0 Å². The second-order valence-electron chi connectivity index (χ2n) is 7.01. The quantitative estimate of drug-likeness (QED) is 0.215. The van der Waals surface area contributed by atoms with Gasteiger partial charge in [-0.05, 0) is 24.6 Å². The van der Waals surface area contributed by atoms with Gasteiger partial charge in [0.05, 0.1) is 11.7 Å². The monoisotopic (exact) mass is 476 g/mol. The number of aliphatic hydroxyl groups is 1. The Bertz CT molecular complexity index is 951. The van der Waals surface area contributed by atoms with Crippen molar-refractivity contribution in [3.63, 3.8) is 0 Å². The normalized spacial score (nSPS) is 10.9. The molecule has 4 nitrogen and oxygen atoms in total.